The van der Waals surface area contributed by atoms with Gasteiger partial charge in [-0.15, -0.1) is 0 Å². The van der Waals surface area contributed by atoms with Gasteiger partial charge in [-0.05, 0) is 35.9 Å². The number of morpholine rings is 1. The van der Waals surface area contributed by atoms with E-state index in [1.165, 1.54) is 0 Å². The molecule has 1 N–H and O–H groups in total. The van der Waals surface area contributed by atoms with E-state index in [4.69, 9.17) is 9.47 Å². The van der Waals surface area contributed by atoms with E-state index >= 15 is 0 Å². The number of amides is 1. The van der Waals surface area contributed by atoms with Crippen LogP contribution in [0.3, 0.4) is 0 Å². The van der Waals surface area contributed by atoms with Gasteiger partial charge in [-0.2, -0.15) is 0 Å². The van der Waals surface area contributed by atoms with Crippen molar-refractivity contribution in [2.45, 2.75) is 6.42 Å². The smallest absolute Gasteiger partial charge is 0.228 e. The molecule has 2 aromatic carbocycles. The standard InChI is InChI=1S/C19H22N2O3/c1-23-18-7-5-15(6-8-18)13-19(22)20-16-3-2-4-17(14-16)21-9-11-24-12-10-21/h2-8,14H,9-13H2,1H3,(H,20,22). The highest BCUT2D eigenvalue weighted by Crippen LogP contribution is 2.21. The molecule has 1 aliphatic rings. The molecule has 0 aliphatic carbocycles. The van der Waals surface area contributed by atoms with Crippen LogP contribution in [0.15, 0.2) is 48.5 Å². The molecule has 0 radical (unpaired) electrons. The molecule has 24 heavy (non-hydrogen) atoms. The number of nitrogens with zero attached hydrogens (tertiary/aromatic N) is 1. The third-order valence-electron chi connectivity index (χ3n) is 4.03. The van der Waals surface area contributed by atoms with Crippen LogP contribution in [0.1, 0.15) is 5.56 Å². The molecule has 0 saturated carbocycles. The molecular weight excluding hydrogens is 304 g/mol. The summed E-state index contributed by atoms with van der Waals surface area (Å²) in [6, 6.07) is 15.5. The second-order valence-corrected chi connectivity index (χ2v) is 5.72. The van der Waals surface area contributed by atoms with Gasteiger partial charge in [0.15, 0.2) is 0 Å². The van der Waals surface area contributed by atoms with Crippen LogP contribution in [-0.4, -0.2) is 39.3 Å². The number of carbonyl (C=O) groups is 1. The molecule has 3 rings (SSSR count). The Morgan fingerprint density at radius 1 is 1.17 bits per heavy atom. The van der Waals surface area contributed by atoms with Crippen LogP contribution in [0, 0.1) is 0 Å². The molecule has 5 nitrogen and oxygen atoms in total. The third kappa shape index (κ3) is 4.26. The SMILES string of the molecule is COc1ccc(CC(=O)Nc2cccc(N3CCOCC3)c2)cc1. The van der Waals surface area contributed by atoms with Gasteiger partial charge in [0.25, 0.3) is 0 Å². The molecule has 126 valence electrons. The van der Waals surface area contributed by atoms with E-state index in [0.29, 0.717) is 6.42 Å². The molecule has 5 heteroatoms. The van der Waals surface area contributed by atoms with E-state index in [2.05, 4.69) is 16.3 Å². The van der Waals surface area contributed by atoms with Crippen LogP contribution < -0.4 is 15.0 Å². The van der Waals surface area contributed by atoms with E-state index < -0.39 is 0 Å². The fourth-order valence-electron chi connectivity index (χ4n) is 2.74. The molecule has 0 spiro atoms. The number of methoxy groups -OCH3 is 1. The summed E-state index contributed by atoms with van der Waals surface area (Å²) in [5.41, 5.74) is 2.88. The lowest BCUT2D eigenvalue weighted by Crippen LogP contribution is -2.36. The second-order valence-electron chi connectivity index (χ2n) is 5.72. The second kappa shape index (κ2) is 7.84. The minimum atomic E-state index is -0.0284. The molecule has 1 fully saturated rings. The molecule has 0 unspecified atom stereocenters. The van der Waals surface area contributed by atoms with E-state index in [1.807, 2.05) is 42.5 Å². The molecule has 2 aromatic rings. The quantitative estimate of drug-likeness (QED) is 0.918. The predicted molar refractivity (Wildman–Crippen MR) is 94.8 cm³/mol. The fraction of sp³-hybridized carbons (Fsp3) is 0.316. The number of carbonyl (C=O) groups excluding carboxylic acids is 1. The van der Waals surface area contributed by atoms with Crippen LogP contribution in [0.5, 0.6) is 5.75 Å². The molecule has 0 bridgehead atoms. The zero-order chi connectivity index (χ0) is 16.8. The number of hydrogen-bond donors (Lipinski definition) is 1. The zero-order valence-corrected chi connectivity index (χ0v) is 13.8. The van der Waals surface area contributed by atoms with Gasteiger partial charge in [0.05, 0.1) is 26.7 Å². The first-order valence-corrected chi connectivity index (χ1v) is 8.10. The first-order chi connectivity index (χ1) is 11.7. The average molecular weight is 326 g/mol. The van der Waals surface area contributed by atoms with Crippen molar-refractivity contribution in [3.63, 3.8) is 0 Å². The van der Waals surface area contributed by atoms with Crippen LogP contribution in [0.2, 0.25) is 0 Å². The van der Waals surface area contributed by atoms with Crippen molar-refractivity contribution in [2.24, 2.45) is 0 Å². The number of nitrogens with one attached hydrogen (secondary N) is 1. The van der Waals surface area contributed by atoms with Crippen molar-refractivity contribution in [3.05, 3.63) is 54.1 Å². The molecule has 0 atom stereocenters. The van der Waals surface area contributed by atoms with Crippen molar-refractivity contribution in [1.82, 2.24) is 0 Å². The minimum absolute atomic E-state index is 0.0284. The Hall–Kier alpha value is -2.53. The molecular formula is C19H22N2O3. The van der Waals surface area contributed by atoms with Crippen LogP contribution in [0.25, 0.3) is 0 Å². The first kappa shape index (κ1) is 16.3. The molecule has 1 amide bonds. The average Bonchev–Trinajstić information content (AvgIpc) is 2.63. The van der Waals surface area contributed by atoms with Crippen molar-refractivity contribution >= 4 is 17.3 Å². The number of rotatable bonds is 5. The monoisotopic (exact) mass is 326 g/mol. The summed E-state index contributed by atoms with van der Waals surface area (Å²) >= 11 is 0. The molecule has 1 heterocycles. The Balaban J connectivity index is 1.61. The summed E-state index contributed by atoms with van der Waals surface area (Å²) in [5.74, 6) is 0.761. The topological polar surface area (TPSA) is 50.8 Å². The van der Waals surface area contributed by atoms with Crippen molar-refractivity contribution in [1.29, 1.82) is 0 Å². The first-order valence-electron chi connectivity index (χ1n) is 8.10. The Morgan fingerprint density at radius 3 is 2.62 bits per heavy atom. The summed E-state index contributed by atoms with van der Waals surface area (Å²) in [7, 11) is 1.63. The predicted octanol–water partition coefficient (Wildman–Crippen LogP) is 2.71. The lowest BCUT2D eigenvalue weighted by Gasteiger charge is -2.29. The normalized spacial score (nSPS) is 14.3. The minimum Gasteiger partial charge on any atom is -0.497 e. The Kier molecular flexibility index (Phi) is 5.33. The largest absolute Gasteiger partial charge is 0.497 e. The van der Waals surface area contributed by atoms with E-state index in [-0.39, 0.29) is 5.91 Å². The Bertz CT molecular complexity index is 679. The summed E-state index contributed by atoms with van der Waals surface area (Å²) < 4.78 is 10.5. The van der Waals surface area contributed by atoms with Gasteiger partial charge < -0.3 is 19.7 Å². The van der Waals surface area contributed by atoms with E-state index in [1.54, 1.807) is 7.11 Å². The highest BCUT2D eigenvalue weighted by molar-refractivity contribution is 5.92. The highest BCUT2D eigenvalue weighted by Gasteiger charge is 2.12. The Labute approximate surface area is 142 Å². The fourth-order valence-corrected chi connectivity index (χ4v) is 2.74. The zero-order valence-electron chi connectivity index (χ0n) is 13.8. The number of benzene rings is 2. The summed E-state index contributed by atoms with van der Waals surface area (Å²) in [6.45, 7) is 3.24. The van der Waals surface area contributed by atoms with Gasteiger partial charge >= 0.3 is 0 Å². The Morgan fingerprint density at radius 2 is 1.92 bits per heavy atom. The van der Waals surface area contributed by atoms with Crippen LogP contribution >= 0.6 is 0 Å². The van der Waals surface area contributed by atoms with Gasteiger partial charge in [0.1, 0.15) is 5.75 Å². The van der Waals surface area contributed by atoms with Gasteiger partial charge in [0, 0.05) is 24.5 Å². The van der Waals surface area contributed by atoms with Gasteiger partial charge in [-0.3, -0.25) is 4.79 Å². The lowest BCUT2D eigenvalue weighted by atomic mass is 10.1. The lowest BCUT2D eigenvalue weighted by molar-refractivity contribution is -0.115. The molecule has 0 aromatic heterocycles. The molecule has 1 aliphatic heterocycles. The maximum Gasteiger partial charge on any atom is 0.228 e. The highest BCUT2D eigenvalue weighted by atomic mass is 16.5. The third-order valence-corrected chi connectivity index (χ3v) is 4.03. The van der Waals surface area contributed by atoms with Crippen molar-refractivity contribution in [2.75, 3.05) is 43.6 Å². The maximum absolute atomic E-state index is 12.2. The van der Waals surface area contributed by atoms with Crippen molar-refractivity contribution in [3.8, 4) is 5.75 Å². The number of anilines is 2. The van der Waals surface area contributed by atoms with E-state index in [9.17, 15) is 4.79 Å². The maximum atomic E-state index is 12.2. The molecule has 1 saturated heterocycles. The number of ether oxygens (including phenoxy) is 2. The van der Waals surface area contributed by atoms with Crippen LogP contribution in [-0.2, 0) is 16.0 Å². The van der Waals surface area contributed by atoms with Crippen LogP contribution in [0.4, 0.5) is 11.4 Å². The number of hydrogen-bond acceptors (Lipinski definition) is 4. The summed E-state index contributed by atoms with van der Waals surface area (Å²) in [6.07, 6.45) is 0.339. The van der Waals surface area contributed by atoms with Gasteiger partial charge in [-0.1, -0.05) is 18.2 Å². The van der Waals surface area contributed by atoms with Gasteiger partial charge in [0.2, 0.25) is 5.91 Å². The summed E-state index contributed by atoms with van der Waals surface area (Å²) in [5, 5.41) is 2.97. The van der Waals surface area contributed by atoms with Gasteiger partial charge in [-0.25, -0.2) is 0 Å². The van der Waals surface area contributed by atoms with Crippen molar-refractivity contribution < 1.29 is 14.3 Å². The summed E-state index contributed by atoms with van der Waals surface area (Å²) in [4.78, 5) is 14.5. The van der Waals surface area contributed by atoms with E-state index in [0.717, 1.165) is 49.0 Å².